The Morgan fingerprint density at radius 3 is 1.50 bits per heavy atom. The number of primary amides is 2. The normalized spacial score (nSPS) is 5.50. The minimum atomic E-state index is -0.833. The van der Waals surface area contributed by atoms with E-state index in [0.29, 0.717) is 0 Å². The summed E-state index contributed by atoms with van der Waals surface area (Å²) in [5.41, 5.74) is 8.50. The van der Waals surface area contributed by atoms with Gasteiger partial charge in [-0.2, -0.15) is 0 Å². The van der Waals surface area contributed by atoms with Gasteiger partial charge in [0.25, 0.3) is 0 Å². The molecule has 62 valence electrons. The van der Waals surface area contributed by atoms with E-state index in [1.54, 1.807) is 6.08 Å². The van der Waals surface area contributed by atoms with Crippen molar-refractivity contribution in [3.63, 3.8) is 0 Å². The van der Waals surface area contributed by atoms with Crippen LogP contribution in [0.2, 0.25) is 0 Å². The number of carbonyl (C=O) groups is 1. The number of nitrogens with two attached hydrogens (primary N) is 2. The lowest BCUT2D eigenvalue weighted by Gasteiger charge is -1.62. The van der Waals surface area contributed by atoms with Gasteiger partial charge in [0.2, 0.25) is 0 Å². The summed E-state index contributed by atoms with van der Waals surface area (Å²) < 4.78 is 0. The Morgan fingerprint density at radius 1 is 1.50 bits per heavy atom. The number of carbonyl (C=O) groups excluding carboxylic acids is 1. The number of nitrogens with one attached hydrogen (secondary N) is 1. The predicted octanol–water partition coefficient (Wildman–Crippen LogP) is 0.0517. The third-order valence-electron chi connectivity index (χ3n) is 0. The fourth-order valence-electron chi connectivity index (χ4n) is 0. The summed E-state index contributed by atoms with van der Waals surface area (Å²) in [7, 11) is 3.75. The Morgan fingerprint density at radius 2 is 1.50 bits per heavy atom. The van der Waals surface area contributed by atoms with E-state index in [1.165, 1.54) is 0 Å². The first-order chi connectivity index (χ1) is 4.56. The summed E-state index contributed by atoms with van der Waals surface area (Å²) >= 11 is 0. The second-order valence-corrected chi connectivity index (χ2v) is 1.31. The van der Waals surface area contributed by atoms with Crippen molar-refractivity contribution < 1.29 is 4.79 Å². The van der Waals surface area contributed by atoms with Gasteiger partial charge in [0.15, 0.2) is 0 Å². The van der Waals surface area contributed by atoms with Crippen LogP contribution in [0.5, 0.6) is 0 Å². The van der Waals surface area contributed by atoms with E-state index in [-0.39, 0.29) is 0 Å². The number of allylic oxidation sites excluding steroid dienone is 1. The highest BCUT2D eigenvalue weighted by Crippen LogP contribution is 1.38. The second kappa shape index (κ2) is 24.6. The Hall–Kier alpha value is -1.03. The maximum Gasteiger partial charge on any atom is 0.309 e. The molecule has 0 rings (SSSR count). The van der Waals surface area contributed by atoms with E-state index in [2.05, 4.69) is 23.4 Å². The molecule has 0 atom stereocenters. The van der Waals surface area contributed by atoms with Gasteiger partial charge < -0.3 is 16.8 Å². The van der Waals surface area contributed by atoms with Crippen LogP contribution in [-0.4, -0.2) is 20.1 Å². The molecule has 0 bridgehead atoms. The Balaban J connectivity index is -0.0000000750. The minimum absolute atomic E-state index is 0.833. The zero-order valence-electron chi connectivity index (χ0n) is 6.85. The van der Waals surface area contributed by atoms with Crippen LogP contribution in [0, 0.1) is 0 Å². The summed E-state index contributed by atoms with van der Waals surface area (Å²) in [5.74, 6) is 0. The lowest BCUT2D eigenvalue weighted by atomic mass is 10.8. The smallest absolute Gasteiger partial charge is 0.309 e. The number of hydrogen-bond donors (Lipinski definition) is 3. The molecule has 0 radical (unpaired) electrons. The van der Waals surface area contributed by atoms with Crippen LogP contribution < -0.4 is 16.8 Å². The zero-order chi connectivity index (χ0) is 8.99. The van der Waals surface area contributed by atoms with Gasteiger partial charge in [0, 0.05) is 0 Å². The third-order valence-corrected chi connectivity index (χ3v) is 0. The first-order valence-corrected chi connectivity index (χ1v) is 2.77. The minimum Gasteiger partial charge on any atom is -0.352 e. The molecule has 0 aromatic carbocycles. The highest BCUT2D eigenvalue weighted by molar-refractivity contribution is 5.69. The molecular weight excluding hydrogens is 130 g/mol. The Bertz CT molecular complexity index is 69.4. The fraction of sp³-hybridized carbons (Fsp3) is 0.500. The molecule has 0 aliphatic rings. The molecule has 10 heavy (non-hydrogen) atoms. The van der Waals surface area contributed by atoms with Crippen molar-refractivity contribution in [3.05, 3.63) is 12.7 Å². The van der Waals surface area contributed by atoms with Crippen molar-refractivity contribution in [1.29, 1.82) is 0 Å². The third kappa shape index (κ3) is 234. The first kappa shape index (κ1) is 16.0. The zero-order valence-corrected chi connectivity index (χ0v) is 6.85. The lowest BCUT2D eigenvalue weighted by molar-refractivity contribution is 0.256. The summed E-state index contributed by atoms with van der Waals surface area (Å²) in [5, 5.41) is 2.75. The van der Waals surface area contributed by atoms with E-state index < -0.39 is 6.03 Å². The fourth-order valence-corrected chi connectivity index (χ4v) is 0. The highest BCUT2D eigenvalue weighted by atomic mass is 16.2. The maximum absolute atomic E-state index is 9.00. The maximum atomic E-state index is 9.00. The van der Waals surface area contributed by atoms with E-state index in [9.17, 15) is 0 Å². The topological polar surface area (TPSA) is 81.1 Å². The van der Waals surface area contributed by atoms with Crippen LogP contribution in [0.15, 0.2) is 12.7 Å². The van der Waals surface area contributed by atoms with Crippen molar-refractivity contribution in [2.24, 2.45) is 11.5 Å². The molecule has 0 spiro atoms. The Labute approximate surface area is 62.3 Å². The van der Waals surface area contributed by atoms with E-state index in [0.717, 1.165) is 0 Å². The van der Waals surface area contributed by atoms with Crippen LogP contribution in [0.4, 0.5) is 4.79 Å². The summed E-state index contributed by atoms with van der Waals surface area (Å²) in [4.78, 5) is 9.00. The van der Waals surface area contributed by atoms with Crippen LogP contribution in [0.3, 0.4) is 0 Å². The lowest BCUT2D eigenvalue weighted by Crippen LogP contribution is -2.18. The predicted molar refractivity (Wildman–Crippen MR) is 44.6 cm³/mol. The molecule has 0 unspecified atom stereocenters. The Kier molecular flexibility index (Phi) is 39.3. The molecule has 0 saturated heterocycles. The van der Waals surface area contributed by atoms with E-state index >= 15 is 0 Å². The summed E-state index contributed by atoms with van der Waals surface area (Å²) in [6.45, 7) is 5.25. The van der Waals surface area contributed by atoms with Crippen molar-refractivity contribution in [2.75, 3.05) is 14.1 Å². The number of hydrogen-bond acceptors (Lipinski definition) is 2. The van der Waals surface area contributed by atoms with Gasteiger partial charge in [-0.15, -0.1) is 6.58 Å². The van der Waals surface area contributed by atoms with E-state index in [4.69, 9.17) is 4.79 Å². The molecule has 0 aliphatic carbocycles. The van der Waals surface area contributed by atoms with E-state index in [1.807, 2.05) is 21.0 Å². The van der Waals surface area contributed by atoms with Crippen molar-refractivity contribution in [2.45, 2.75) is 6.92 Å². The number of urea groups is 1. The van der Waals surface area contributed by atoms with Crippen molar-refractivity contribution in [3.8, 4) is 0 Å². The van der Waals surface area contributed by atoms with Crippen LogP contribution >= 0.6 is 0 Å². The molecule has 0 aromatic rings. The van der Waals surface area contributed by atoms with Crippen molar-refractivity contribution in [1.82, 2.24) is 5.32 Å². The van der Waals surface area contributed by atoms with Gasteiger partial charge in [-0.3, -0.25) is 0 Å². The molecule has 0 heterocycles. The first-order valence-electron chi connectivity index (χ1n) is 2.77. The van der Waals surface area contributed by atoms with Gasteiger partial charge in [-0.1, -0.05) is 6.08 Å². The second-order valence-electron chi connectivity index (χ2n) is 1.31. The molecule has 2 amide bonds. The van der Waals surface area contributed by atoms with Crippen LogP contribution in [0.1, 0.15) is 6.92 Å². The molecule has 4 nitrogen and oxygen atoms in total. The SMILES string of the molecule is C=CC.CNC.NC(N)=O. The quantitative estimate of drug-likeness (QED) is 0.423. The van der Waals surface area contributed by atoms with Gasteiger partial charge in [-0.05, 0) is 21.0 Å². The average Bonchev–Trinajstić information content (AvgIpc) is 1.65. The van der Waals surface area contributed by atoms with Crippen LogP contribution in [0.25, 0.3) is 0 Å². The summed E-state index contributed by atoms with van der Waals surface area (Å²) in [6, 6.07) is -0.833. The molecular formula is C6H17N3O. The van der Waals surface area contributed by atoms with Gasteiger partial charge in [0.05, 0.1) is 0 Å². The molecule has 0 saturated carbocycles. The van der Waals surface area contributed by atoms with Crippen LogP contribution in [-0.2, 0) is 0 Å². The number of rotatable bonds is 0. The largest absolute Gasteiger partial charge is 0.352 e. The molecule has 0 aliphatic heterocycles. The average molecular weight is 147 g/mol. The summed E-state index contributed by atoms with van der Waals surface area (Å²) in [6.07, 6.45) is 1.75. The van der Waals surface area contributed by atoms with Gasteiger partial charge >= 0.3 is 6.03 Å². The molecule has 0 aromatic heterocycles. The molecule has 0 fully saturated rings. The van der Waals surface area contributed by atoms with Gasteiger partial charge in [0.1, 0.15) is 0 Å². The van der Waals surface area contributed by atoms with Crippen molar-refractivity contribution >= 4 is 6.03 Å². The monoisotopic (exact) mass is 147 g/mol. The molecule has 4 heteroatoms. The van der Waals surface area contributed by atoms with Gasteiger partial charge in [-0.25, -0.2) is 4.79 Å². The standard InChI is InChI=1S/C3H6.C2H7N.CH4N2O/c2*1-3-2;2-1(3)4/h3H,1H2,2H3;3H,1-2H3;(H4,2,3,4). The molecule has 5 N–H and O–H groups in total. The highest BCUT2D eigenvalue weighted by Gasteiger charge is 1.60. The number of amides is 2.